The predicted molar refractivity (Wildman–Crippen MR) is 111 cm³/mol. The van der Waals surface area contributed by atoms with Crippen molar-refractivity contribution in [3.05, 3.63) is 59.7 Å². The summed E-state index contributed by atoms with van der Waals surface area (Å²) in [6.45, 7) is 6.82. The van der Waals surface area contributed by atoms with Gasteiger partial charge in [-0.1, -0.05) is 30.3 Å². The topological polar surface area (TPSA) is 40.3 Å². The highest BCUT2D eigenvalue weighted by atomic mass is 16.3. The molecule has 0 fully saturated rings. The van der Waals surface area contributed by atoms with Crippen molar-refractivity contribution >= 4 is 11.9 Å². The van der Waals surface area contributed by atoms with E-state index in [0.717, 1.165) is 37.3 Å². The van der Waals surface area contributed by atoms with Crippen LogP contribution >= 0.6 is 0 Å². The van der Waals surface area contributed by atoms with Crippen LogP contribution in [0, 0.1) is 0 Å². The average molecular weight is 355 g/mol. The second-order valence-corrected chi connectivity index (χ2v) is 6.87. The third-order valence-corrected chi connectivity index (χ3v) is 4.84. The van der Waals surface area contributed by atoms with Crippen LogP contribution in [0.1, 0.15) is 25.0 Å². The number of hydrogen-bond donors (Lipinski definition) is 2. The van der Waals surface area contributed by atoms with Gasteiger partial charge in [0.1, 0.15) is 11.8 Å². The molecule has 0 aliphatic rings. The van der Waals surface area contributed by atoms with Crippen LogP contribution < -0.4 is 9.80 Å². The fourth-order valence-corrected chi connectivity index (χ4v) is 3.05. The Bertz CT molecular complexity index is 694. The Kier molecular flexibility index (Phi) is 7.67. The van der Waals surface area contributed by atoms with E-state index in [1.54, 1.807) is 6.21 Å². The highest BCUT2D eigenvalue weighted by Crippen LogP contribution is 2.23. The number of aromatic hydroxyl groups is 1. The van der Waals surface area contributed by atoms with Crippen LogP contribution in [0.3, 0.4) is 0 Å². The summed E-state index contributed by atoms with van der Waals surface area (Å²) in [5, 5.41) is 10.3. The molecule has 2 aromatic carbocycles. The quantitative estimate of drug-likeness (QED) is 0.679. The summed E-state index contributed by atoms with van der Waals surface area (Å²) in [4.78, 5) is 8.21. The Morgan fingerprint density at radius 3 is 2.35 bits per heavy atom. The first-order valence-electron chi connectivity index (χ1n) is 9.46. The van der Waals surface area contributed by atoms with Crippen molar-refractivity contribution in [2.45, 2.75) is 26.3 Å². The van der Waals surface area contributed by atoms with Gasteiger partial charge >= 0.3 is 0 Å². The average Bonchev–Trinajstić information content (AvgIpc) is 2.64. The van der Waals surface area contributed by atoms with E-state index in [1.807, 2.05) is 24.3 Å². The molecule has 0 saturated heterocycles. The normalized spacial score (nSPS) is 12.7. The molecule has 2 aromatic rings. The molecular formula is C22H32N3O+. The molecule has 0 spiro atoms. The maximum absolute atomic E-state index is 10.3. The lowest BCUT2D eigenvalue weighted by Crippen LogP contribution is -3.11. The molecule has 2 rings (SSSR count). The number of anilines is 1. The largest absolute Gasteiger partial charge is 0.507 e. The van der Waals surface area contributed by atoms with Crippen molar-refractivity contribution in [3.63, 3.8) is 0 Å². The first-order valence-corrected chi connectivity index (χ1v) is 9.46. The molecular weight excluding hydrogens is 322 g/mol. The van der Waals surface area contributed by atoms with Gasteiger partial charge in [-0.3, -0.25) is 4.99 Å². The molecule has 2 N–H and O–H groups in total. The van der Waals surface area contributed by atoms with E-state index in [0.29, 0.717) is 6.04 Å². The second kappa shape index (κ2) is 9.97. The standard InChI is InChI=1S/C22H31N3O/c1-5-25(6-2)20-13-12-19(22(26)15-20)16-23-17-21(24(3)4)14-18-10-8-7-9-11-18/h7-13,15-16,21,26H,5-6,14,17H2,1-4H3/p+1/t21-/m0/s1. The van der Waals surface area contributed by atoms with Crippen molar-refractivity contribution in [2.24, 2.45) is 4.99 Å². The number of benzene rings is 2. The molecule has 0 bridgehead atoms. The van der Waals surface area contributed by atoms with Gasteiger partial charge in [0.15, 0.2) is 0 Å². The van der Waals surface area contributed by atoms with E-state index in [1.165, 1.54) is 10.5 Å². The van der Waals surface area contributed by atoms with E-state index in [2.05, 4.69) is 62.1 Å². The maximum atomic E-state index is 10.3. The minimum absolute atomic E-state index is 0.287. The van der Waals surface area contributed by atoms with Crippen LogP contribution in [0.4, 0.5) is 5.69 Å². The minimum atomic E-state index is 0.287. The van der Waals surface area contributed by atoms with Gasteiger partial charge in [-0.05, 0) is 31.5 Å². The summed E-state index contributed by atoms with van der Waals surface area (Å²) in [5.41, 5.74) is 3.15. The molecule has 0 heterocycles. The van der Waals surface area contributed by atoms with Gasteiger partial charge in [0.2, 0.25) is 0 Å². The number of phenols is 1. The smallest absolute Gasteiger partial charge is 0.126 e. The summed E-state index contributed by atoms with van der Waals surface area (Å²) < 4.78 is 0. The molecule has 26 heavy (non-hydrogen) atoms. The fraction of sp³-hybridized carbons (Fsp3) is 0.409. The SMILES string of the molecule is CCN(CC)c1ccc(C=NC[C@H](Cc2ccccc2)[NH+](C)C)c(O)c1. The molecule has 4 nitrogen and oxygen atoms in total. The van der Waals surface area contributed by atoms with Crippen LogP contribution in [-0.2, 0) is 6.42 Å². The van der Waals surface area contributed by atoms with E-state index in [-0.39, 0.29) is 5.75 Å². The van der Waals surface area contributed by atoms with Gasteiger partial charge in [-0.15, -0.1) is 0 Å². The van der Waals surface area contributed by atoms with Crippen molar-refractivity contribution in [2.75, 3.05) is 38.6 Å². The third-order valence-electron chi connectivity index (χ3n) is 4.84. The molecule has 0 amide bonds. The summed E-state index contributed by atoms with van der Waals surface area (Å²) in [6, 6.07) is 16.8. The lowest BCUT2D eigenvalue weighted by molar-refractivity contribution is -0.883. The molecule has 0 radical (unpaired) electrons. The molecule has 0 unspecified atom stereocenters. The van der Waals surface area contributed by atoms with Gasteiger partial charge in [0, 0.05) is 43.0 Å². The van der Waals surface area contributed by atoms with E-state index < -0.39 is 0 Å². The lowest BCUT2D eigenvalue weighted by atomic mass is 10.1. The number of likely N-dealkylation sites (N-methyl/N-ethyl adjacent to an activating group) is 1. The third kappa shape index (κ3) is 5.60. The van der Waals surface area contributed by atoms with Gasteiger partial charge in [-0.25, -0.2) is 0 Å². The van der Waals surface area contributed by atoms with Crippen molar-refractivity contribution in [3.8, 4) is 5.75 Å². The molecule has 4 heteroatoms. The second-order valence-electron chi connectivity index (χ2n) is 6.87. The first-order chi connectivity index (χ1) is 12.5. The molecule has 0 saturated carbocycles. The van der Waals surface area contributed by atoms with Crippen LogP contribution in [0.15, 0.2) is 53.5 Å². The van der Waals surface area contributed by atoms with E-state index >= 15 is 0 Å². The molecule has 0 aliphatic carbocycles. The van der Waals surface area contributed by atoms with Gasteiger partial charge in [0.05, 0.1) is 20.6 Å². The van der Waals surface area contributed by atoms with Crippen LogP contribution in [0.2, 0.25) is 0 Å². The van der Waals surface area contributed by atoms with Crippen molar-refractivity contribution in [1.29, 1.82) is 0 Å². The Hall–Kier alpha value is -2.33. The van der Waals surface area contributed by atoms with Gasteiger partial charge in [-0.2, -0.15) is 0 Å². The van der Waals surface area contributed by atoms with Crippen molar-refractivity contribution in [1.82, 2.24) is 0 Å². The highest BCUT2D eigenvalue weighted by molar-refractivity contribution is 5.84. The van der Waals surface area contributed by atoms with Crippen LogP contribution in [0.25, 0.3) is 0 Å². The van der Waals surface area contributed by atoms with Crippen LogP contribution in [0.5, 0.6) is 5.75 Å². The van der Waals surface area contributed by atoms with Gasteiger partial charge < -0.3 is 14.9 Å². The number of phenolic OH excluding ortho intramolecular Hbond substituents is 1. The number of rotatable bonds is 9. The summed E-state index contributed by atoms with van der Waals surface area (Å²) in [6.07, 6.45) is 2.79. The zero-order valence-electron chi connectivity index (χ0n) is 16.4. The number of hydrogen-bond acceptors (Lipinski definition) is 3. The Balaban J connectivity index is 2.03. The van der Waals surface area contributed by atoms with Crippen LogP contribution in [-0.4, -0.2) is 51.1 Å². The predicted octanol–water partition coefficient (Wildman–Crippen LogP) is 2.41. The summed E-state index contributed by atoms with van der Waals surface area (Å²) >= 11 is 0. The monoisotopic (exact) mass is 354 g/mol. The molecule has 0 aromatic heterocycles. The zero-order valence-corrected chi connectivity index (χ0v) is 16.4. The van der Waals surface area contributed by atoms with Crippen molar-refractivity contribution < 1.29 is 10.0 Å². The maximum Gasteiger partial charge on any atom is 0.126 e. The number of nitrogens with one attached hydrogen (secondary N) is 1. The summed E-state index contributed by atoms with van der Waals surface area (Å²) in [5.74, 6) is 0.287. The molecule has 0 aliphatic heterocycles. The minimum Gasteiger partial charge on any atom is -0.507 e. The Morgan fingerprint density at radius 2 is 1.77 bits per heavy atom. The number of aliphatic imine (C=N–C) groups is 1. The van der Waals surface area contributed by atoms with E-state index in [9.17, 15) is 5.11 Å². The van der Waals surface area contributed by atoms with Gasteiger partial charge in [0.25, 0.3) is 0 Å². The Morgan fingerprint density at radius 1 is 1.08 bits per heavy atom. The number of nitrogens with zero attached hydrogens (tertiary/aromatic N) is 2. The van der Waals surface area contributed by atoms with E-state index in [4.69, 9.17) is 0 Å². The zero-order chi connectivity index (χ0) is 18.9. The molecule has 1 atom stereocenters. The Labute approximate surface area is 157 Å². The first kappa shape index (κ1) is 20.0. The molecule has 140 valence electrons. The number of quaternary nitrogens is 1. The fourth-order valence-electron chi connectivity index (χ4n) is 3.05. The highest BCUT2D eigenvalue weighted by Gasteiger charge is 2.15. The lowest BCUT2D eigenvalue weighted by Gasteiger charge is -2.21. The summed E-state index contributed by atoms with van der Waals surface area (Å²) in [7, 11) is 4.33.